The molecule has 5 nitrogen and oxygen atoms in total. The van der Waals surface area contributed by atoms with E-state index >= 15 is 0 Å². The van der Waals surface area contributed by atoms with Crippen molar-refractivity contribution in [3.63, 3.8) is 0 Å². The van der Waals surface area contributed by atoms with Crippen molar-refractivity contribution in [1.82, 2.24) is 19.6 Å². The fraction of sp³-hybridized carbons (Fsp3) is 0.381. The predicted molar refractivity (Wildman–Crippen MR) is 126 cm³/mol. The van der Waals surface area contributed by atoms with Gasteiger partial charge in [-0.05, 0) is 42.9 Å². The molecule has 0 fully saturated rings. The van der Waals surface area contributed by atoms with Crippen LogP contribution in [-0.4, -0.2) is 31.4 Å². The van der Waals surface area contributed by atoms with E-state index in [1.165, 1.54) is 16.0 Å². The summed E-state index contributed by atoms with van der Waals surface area (Å²) in [7, 11) is 0. The van der Waals surface area contributed by atoms with Gasteiger partial charge in [-0.3, -0.25) is 0 Å². The molecule has 0 spiro atoms. The molecule has 4 aromatic rings. The number of thiophene rings is 1. The lowest BCUT2D eigenvalue weighted by atomic mass is 9.90. The Morgan fingerprint density at radius 2 is 2.03 bits per heavy atom. The molecule has 30 heavy (non-hydrogen) atoms. The molecule has 0 amide bonds. The molecule has 3 aromatic heterocycles. The summed E-state index contributed by atoms with van der Waals surface area (Å²) in [5.74, 6) is 0.799. The molecule has 1 atom stereocenters. The van der Waals surface area contributed by atoms with E-state index < -0.39 is 0 Å². The van der Waals surface area contributed by atoms with Crippen LogP contribution in [0, 0.1) is 0 Å². The zero-order chi connectivity index (χ0) is 20.9. The Morgan fingerprint density at radius 1 is 1.23 bits per heavy atom. The maximum atomic E-state index is 6.16. The average Bonchev–Trinajstić information content (AvgIpc) is 3.33. The van der Waals surface area contributed by atoms with Gasteiger partial charge in [0.05, 0.1) is 17.6 Å². The molecule has 1 aliphatic heterocycles. The highest BCUT2D eigenvalue weighted by atomic mass is 35.5. The van der Waals surface area contributed by atoms with Crippen LogP contribution < -0.4 is 0 Å². The van der Waals surface area contributed by atoms with Gasteiger partial charge in [-0.25, -0.2) is 9.38 Å². The van der Waals surface area contributed by atoms with Crippen molar-refractivity contribution in [1.29, 1.82) is 0 Å². The minimum Gasteiger partial charge on any atom is -0.369 e. The number of fused-ring (bicyclic) bond motifs is 5. The van der Waals surface area contributed by atoms with Crippen LogP contribution in [-0.2, 0) is 23.5 Å². The number of hydrogen-bond donors (Lipinski definition) is 0. The van der Waals surface area contributed by atoms with E-state index in [2.05, 4.69) is 28.4 Å². The molecule has 0 saturated carbocycles. The largest absolute Gasteiger partial charge is 0.369 e. The zero-order valence-corrected chi connectivity index (χ0v) is 20.1. The molecule has 5 rings (SSSR count). The highest BCUT2D eigenvalue weighted by molar-refractivity contribution is 7.99. The van der Waals surface area contributed by atoms with Crippen LogP contribution in [0.1, 0.15) is 36.3 Å². The first-order chi connectivity index (χ1) is 14.5. The molecule has 0 N–H and O–H groups in total. The van der Waals surface area contributed by atoms with E-state index in [0.717, 1.165) is 49.8 Å². The first kappa shape index (κ1) is 20.6. The van der Waals surface area contributed by atoms with Gasteiger partial charge in [0.1, 0.15) is 4.83 Å². The third-order valence-corrected chi connectivity index (χ3v) is 8.62. The summed E-state index contributed by atoms with van der Waals surface area (Å²) in [5, 5.41) is 12.8. The van der Waals surface area contributed by atoms with E-state index in [0.29, 0.717) is 6.61 Å². The van der Waals surface area contributed by atoms with Crippen molar-refractivity contribution in [3.05, 3.63) is 45.3 Å². The summed E-state index contributed by atoms with van der Waals surface area (Å²) in [6.45, 7) is 5.02. The molecule has 1 unspecified atom stereocenters. The maximum absolute atomic E-state index is 6.16. The van der Waals surface area contributed by atoms with Crippen LogP contribution in [0.15, 0.2) is 34.6 Å². The van der Waals surface area contributed by atoms with E-state index in [-0.39, 0.29) is 5.60 Å². The monoisotopic (exact) mass is 476 g/mol. The van der Waals surface area contributed by atoms with Gasteiger partial charge in [0.2, 0.25) is 0 Å². The number of thioether (sulfide) groups is 2. The fourth-order valence-electron chi connectivity index (χ4n) is 3.70. The van der Waals surface area contributed by atoms with Crippen molar-refractivity contribution in [2.75, 3.05) is 6.26 Å². The number of ether oxygens (including phenoxy) is 1. The summed E-state index contributed by atoms with van der Waals surface area (Å²) in [6, 6.07) is 7.93. The Bertz CT molecular complexity index is 1240. The number of nitrogens with zero attached hydrogens (tertiary/aromatic N) is 4. The predicted octanol–water partition coefficient (Wildman–Crippen LogP) is 6.25. The van der Waals surface area contributed by atoms with Crippen LogP contribution in [0.4, 0.5) is 0 Å². The molecular formula is C21H21ClN4OS3. The number of halogens is 1. The molecule has 9 heteroatoms. The Hall–Kier alpha value is -1.32. The maximum Gasteiger partial charge on any atom is 0.198 e. The van der Waals surface area contributed by atoms with Crippen LogP contribution in [0.2, 0.25) is 5.02 Å². The topological polar surface area (TPSA) is 52.3 Å². The number of rotatable bonds is 5. The normalized spacial score (nSPS) is 18.9. The second kappa shape index (κ2) is 7.98. The third-order valence-electron chi connectivity index (χ3n) is 5.63. The molecule has 156 valence electrons. The van der Waals surface area contributed by atoms with Crippen molar-refractivity contribution in [3.8, 4) is 0 Å². The zero-order valence-electron chi connectivity index (χ0n) is 16.9. The van der Waals surface area contributed by atoms with Gasteiger partial charge in [0, 0.05) is 22.1 Å². The standard InChI is InChI=1S/C21H21ClN4OS3/c1-4-21(2)9-14-15(10-27-21)30-18-16(14)17-24-25-20(26(17)19(23-18)28-3)29-11-12-5-7-13(22)8-6-12/h5-8H,4,9-11H2,1-3H3. The van der Waals surface area contributed by atoms with E-state index in [9.17, 15) is 0 Å². The lowest BCUT2D eigenvalue weighted by Gasteiger charge is -2.32. The van der Waals surface area contributed by atoms with E-state index in [4.69, 9.17) is 21.3 Å². The highest BCUT2D eigenvalue weighted by Gasteiger charge is 2.33. The number of hydrogen-bond acceptors (Lipinski definition) is 7. The van der Waals surface area contributed by atoms with Crippen molar-refractivity contribution >= 4 is 62.3 Å². The van der Waals surface area contributed by atoms with Gasteiger partial charge in [0.25, 0.3) is 0 Å². The highest BCUT2D eigenvalue weighted by Crippen LogP contribution is 2.42. The summed E-state index contributed by atoms with van der Waals surface area (Å²) in [5.41, 5.74) is 3.30. The molecular weight excluding hydrogens is 456 g/mol. The van der Waals surface area contributed by atoms with E-state index in [1.807, 2.05) is 30.5 Å². The lowest BCUT2D eigenvalue weighted by molar-refractivity contribution is -0.0542. The molecule has 1 aromatic carbocycles. The molecule has 0 aliphatic carbocycles. The van der Waals surface area contributed by atoms with Crippen molar-refractivity contribution < 1.29 is 4.74 Å². The molecule has 0 bridgehead atoms. The number of benzene rings is 1. The van der Waals surface area contributed by atoms with Gasteiger partial charge >= 0.3 is 0 Å². The Morgan fingerprint density at radius 3 is 2.77 bits per heavy atom. The summed E-state index contributed by atoms with van der Waals surface area (Å²) >= 11 is 11.0. The third kappa shape index (κ3) is 3.52. The fourth-order valence-corrected chi connectivity index (χ4v) is 6.47. The smallest absolute Gasteiger partial charge is 0.198 e. The minimum absolute atomic E-state index is 0.137. The SMILES string of the molecule is CCC1(C)Cc2c(sc3nc(SC)n4c(SCc5ccc(Cl)cc5)nnc4c23)CO1. The van der Waals surface area contributed by atoms with Crippen LogP contribution >= 0.6 is 46.5 Å². The van der Waals surface area contributed by atoms with Gasteiger partial charge in [-0.1, -0.05) is 54.2 Å². The average molecular weight is 477 g/mol. The second-order valence-corrected chi connectivity index (χ2v) is 10.8. The molecule has 4 heterocycles. The van der Waals surface area contributed by atoms with Crippen molar-refractivity contribution in [2.24, 2.45) is 0 Å². The van der Waals surface area contributed by atoms with E-state index in [1.54, 1.807) is 34.9 Å². The summed E-state index contributed by atoms with van der Waals surface area (Å²) < 4.78 is 8.27. The van der Waals surface area contributed by atoms with Gasteiger partial charge in [-0.2, -0.15) is 0 Å². The lowest BCUT2D eigenvalue weighted by Crippen LogP contribution is -2.33. The molecule has 1 aliphatic rings. The summed E-state index contributed by atoms with van der Waals surface area (Å²) in [6.07, 6.45) is 3.91. The van der Waals surface area contributed by atoms with Crippen LogP contribution in [0.3, 0.4) is 0 Å². The first-order valence-electron chi connectivity index (χ1n) is 9.76. The molecule has 0 saturated heterocycles. The van der Waals surface area contributed by atoms with Crippen LogP contribution in [0.25, 0.3) is 15.9 Å². The van der Waals surface area contributed by atoms with Gasteiger partial charge in [0.15, 0.2) is 16.0 Å². The molecule has 0 radical (unpaired) electrons. The van der Waals surface area contributed by atoms with Crippen molar-refractivity contribution in [2.45, 2.75) is 55.0 Å². The van der Waals surface area contributed by atoms with Gasteiger partial charge in [-0.15, -0.1) is 21.5 Å². The number of aromatic nitrogens is 4. The Balaban J connectivity index is 1.60. The Kier molecular flexibility index (Phi) is 5.48. The first-order valence-corrected chi connectivity index (χ1v) is 13.2. The summed E-state index contributed by atoms with van der Waals surface area (Å²) in [4.78, 5) is 7.27. The van der Waals surface area contributed by atoms with Gasteiger partial charge < -0.3 is 4.74 Å². The van der Waals surface area contributed by atoms with Crippen LogP contribution in [0.5, 0.6) is 0 Å². The Labute approximate surface area is 192 Å². The quantitative estimate of drug-likeness (QED) is 0.250. The second-order valence-electron chi connectivity index (χ2n) is 7.61. The minimum atomic E-state index is -0.137.